The summed E-state index contributed by atoms with van der Waals surface area (Å²) in [5.74, 6) is -0.208. The molecule has 0 unspecified atom stereocenters. The number of nitrogens with one attached hydrogen (secondary N) is 1. The molecule has 1 aliphatic heterocycles. The predicted molar refractivity (Wildman–Crippen MR) is 197 cm³/mol. The van der Waals surface area contributed by atoms with Gasteiger partial charge in [0.1, 0.15) is 6.61 Å². The fourth-order valence-corrected chi connectivity index (χ4v) is 7.77. The lowest BCUT2D eigenvalue weighted by Gasteiger charge is -2.35. The Morgan fingerprint density at radius 2 is 1.66 bits per heavy atom. The minimum atomic E-state index is -4.17. The molecule has 9 nitrogen and oxygen atoms in total. The van der Waals surface area contributed by atoms with Crippen molar-refractivity contribution in [3.05, 3.63) is 101 Å². The van der Waals surface area contributed by atoms with Gasteiger partial charge in [0.15, 0.2) is 0 Å². The van der Waals surface area contributed by atoms with E-state index in [1.165, 1.54) is 17.7 Å². The summed E-state index contributed by atoms with van der Waals surface area (Å²) in [5, 5.41) is 0. The van der Waals surface area contributed by atoms with Crippen molar-refractivity contribution in [2.24, 2.45) is 10.8 Å². The Balaban J connectivity index is 1.45. The van der Waals surface area contributed by atoms with E-state index in [4.69, 9.17) is 9.72 Å². The highest BCUT2D eigenvalue weighted by Crippen LogP contribution is 2.38. The molecule has 1 amide bonds. The van der Waals surface area contributed by atoms with Crippen molar-refractivity contribution in [2.75, 3.05) is 11.3 Å². The van der Waals surface area contributed by atoms with E-state index < -0.39 is 16.1 Å². The van der Waals surface area contributed by atoms with Crippen LogP contribution < -0.4 is 9.46 Å². The van der Waals surface area contributed by atoms with Crippen LogP contribution in [0.2, 0.25) is 0 Å². The minimum absolute atomic E-state index is 0.0641. The average Bonchev–Trinajstić information content (AvgIpc) is 3.04. The topological polar surface area (TPSA) is 114 Å². The predicted octanol–water partition coefficient (Wildman–Crippen LogP) is 8.39. The summed E-state index contributed by atoms with van der Waals surface area (Å²) in [6.07, 6.45) is 5.93. The molecule has 0 spiro atoms. The number of anilines is 1. The van der Waals surface area contributed by atoms with Crippen molar-refractivity contribution in [3.8, 4) is 17.1 Å². The van der Waals surface area contributed by atoms with Crippen molar-refractivity contribution in [2.45, 2.75) is 91.6 Å². The van der Waals surface area contributed by atoms with E-state index in [2.05, 4.69) is 55.4 Å². The lowest BCUT2D eigenvalue weighted by molar-refractivity contribution is 0.0509. The SMILES string of the molecule is Cc1cccc(C)c1-c1cc2nc(n1)NS(=O)(=O)c1cccc(c1)C(=O)N(Cc1cccc(C3=CCC(C)(C)CC3)n1)[C@H](CC(C)(C)C)CO2. The Labute approximate surface area is 296 Å². The van der Waals surface area contributed by atoms with Crippen LogP contribution in [0.25, 0.3) is 16.8 Å². The zero-order valence-corrected chi connectivity index (χ0v) is 30.9. The maximum Gasteiger partial charge on any atom is 0.264 e. The number of amides is 1. The maximum atomic E-state index is 14.6. The van der Waals surface area contributed by atoms with E-state index in [1.54, 1.807) is 23.1 Å². The molecule has 0 fully saturated rings. The third-order valence-electron chi connectivity index (χ3n) is 9.47. The van der Waals surface area contributed by atoms with Crippen LogP contribution in [0.3, 0.4) is 0 Å². The molecule has 1 atom stereocenters. The van der Waals surface area contributed by atoms with Crippen molar-refractivity contribution >= 4 is 27.5 Å². The number of aromatic nitrogens is 3. The highest BCUT2D eigenvalue weighted by molar-refractivity contribution is 7.92. The Kier molecular flexibility index (Phi) is 9.61. The molecule has 4 bridgehead atoms. The third kappa shape index (κ3) is 8.07. The molecule has 4 aromatic rings. The highest BCUT2D eigenvalue weighted by Gasteiger charge is 2.32. The summed E-state index contributed by atoms with van der Waals surface area (Å²) in [6.45, 7) is 15.3. The molecular weight excluding hydrogens is 647 g/mol. The van der Waals surface area contributed by atoms with E-state index >= 15 is 0 Å². The summed E-state index contributed by atoms with van der Waals surface area (Å²) >= 11 is 0. The molecule has 3 heterocycles. The molecule has 10 heteroatoms. The second-order valence-electron chi connectivity index (χ2n) is 15.6. The van der Waals surface area contributed by atoms with Crippen LogP contribution in [-0.4, -0.2) is 46.8 Å². The van der Waals surface area contributed by atoms with Gasteiger partial charge < -0.3 is 9.64 Å². The zero-order chi connectivity index (χ0) is 35.8. The Hall–Kier alpha value is -4.57. The molecule has 6 rings (SSSR count). The number of rotatable bonds is 5. The van der Waals surface area contributed by atoms with Crippen LogP contribution in [0, 0.1) is 24.7 Å². The number of nitrogens with zero attached hydrogens (tertiary/aromatic N) is 4. The number of hydrogen-bond acceptors (Lipinski definition) is 7. The number of sulfonamides is 1. The quantitative estimate of drug-likeness (QED) is 0.223. The van der Waals surface area contributed by atoms with Crippen molar-refractivity contribution in [1.29, 1.82) is 0 Å². The fraction of sp³-hybridized carbons (Fsp3) is 0.400. The zero-order valence-electron chi connectivity index (χ0n) is 30.1. The first kappa shape index (κ1) is 35.3. The summed E-state index contributed by atoms with van der Waals surface area (Å²) < 4.78 is 36.5. The molecule has 2 aromatic heterocycles. The second kappa shape index (κ2) is 13.6. The minimum Gasteiger partial charge on any atom is -0.475 e. The van der Waals surface area contributed by atoms with E-state index in [0.717, 1.165) is 47.3 Å². The van der Waals surface area contributed by atoms with Crippen molar-refractivity contribution in [3.63, 3.8) is 0 Å². The number of hydrogen-bond donors (Lipinski definition) is 1. The van der Waals surface area contributed by atoms with Gasteiger partial charge in [-0.25, -0.2) is 18.1 Å². The van der Waals surface area contributed by atoms with Gasteiger partial charge in [-0.1, -0.05) is 71.0 Å². The second-order valence-corrected chi connectivity index (χ2v) is 17.3. The third-order valence-corrected chi connectivity index (χ3v) is 10.8. The average molecular weight is 694 g/mol. The van der Waals surface area contributed by atoms with Gasteiger partial charge in [0.25, 0.3) is 15.9 Å². The van der Waals surface area contributed by atoms with Gasteiger partial charge in [-0.3, -0.25) is 9.78 Å². The first-order valence-corrected chi connectivity index (χ1v) is 18.7. The molecule has 2 aliphatic rings. The fourth-order valence-electron chi connectivity index (χ4n) is 6.78. The van der Waals surface area contributed by atoms with Crippen LogP contribution in [0.5, 0.6) is 5.88 Å². The highest BCUT2D eigenvalue weighted by atomic mass is 32.2. The van der Waals surface area contributed by atoms with Gasteiger partial charge in [0, 0.05) is 17.2 Å². The number of carbonyl (C=O) groups is 1. The molecule has 0 radical (unpaired) electrons. The van der Waals surface area contributed by atoms with Gasteiger partial charge in [0.2, 0.25) is 11.8 Å². The smallest absolute Gasteiger partial charge is 0.264 e. The van der Waals surface area contributed by atoms with Gasteiger partial charge in [-0.15, -0.1) is 0 Å². The monoisotopic (exact) mass is 693 g/mol. The van der Waals surface area contributed by atoms with Gasteiger partial charge in [-0.2, -0.15) is 4.98 Å². The first-order chi connectivity index (χ1) is 23.6. The van der Waals surface area contributed by atoms with Gasteiger partial charge in [0.05, 0.1) is 34.6 Å². The van der Waals surface area contributed by atoms with Crippen LogP contribution in [0.1, 0.15) is 93.2 Å². The van der Waals surface area contributed by atoms with Gasteiger partial charge in [-0.05, 0) is 97.4 Å². The van der Waals surface area contributed by atoms with E-state index in [9.17, 15) is 13.2 Å². The number of pyridine rings is 1. The molecule has 1 aliphatic carbocycles. The number of benzene rings is 2. The lowest BCUT2D eigenvalue weighted by atomic mass is 9.78. The van der Waals surface area contributed by atoms with E-state index in [1.807, 2.05) is 50.2 Å². The molecule has 2 aromatic carbocycles. The van der Waals surface area contributed by atoms with E-state index in [0.29, 0.717) is 12.1 Å². The lowest BCUT2D eigenvalue weighted by Crippen LogP contribution is -2.45. The molecule has 0 saturated carbocycles. The van der Waals surface area contributed by atoms with Crippen LogP contribution in [-0.2, 0) is 16.6 Å². The van der Waals surface area contributed by atoms with Crippen LogP contribution >= 0.6 is 0 Å². The standard InChI is InChI=1S/C40H47N5O4S/c1-26-11-8-12-27(2)36(26)34-22-35-43-38(42-34)44-50(47,48)32-15-9-13-29(21-32)37(46)45(31(25-49-35)23-39(3,4)5)24-30-14-10-16-33(41-30)28-17-19-40(6,7)20-18-28/h8-17,21-22,31H,18-20,23-25H2,1-7H3,(H,42,43,44)/t31-/m1/s1. The number of fused-ring (bicyclic) bond motifs is 4. The van der Waals surface area contributed by atoms with Crippen LogP contribution in [0.4, 0.5) is 5.95 Å². The van der Waals surface area contributed by atoms with Crippen molar-refractivity contribution < 1.29 is 17.9 Å². The largest absolute Gasteiger partial charge is 0.475 e. The summed E-state index contributed by atoms with van der Waals surface area (Å²) in [7, 11) is -4.17. The molecule has 262 valence electrons. The Morgan fingerprint density at radius 1 is 0.940 bits per heavy atom. The molecular formula is C40H47N5O4S. The first-order valence-electron chi connectivity index (χ1n) is 17.2. The molecule has 1 N–H and O–H groups in total. The number of aryl methyl sites for hydroxylation is 2. The summed E-state index contributed by atoms with van der Waals surface area (Å²) in [6, 6.07) is 19.4. The van der Waals surface area contributed by atoms with Gasteiger partial charge >= 0.3 is 0 Å². The molecule has 50 heavy (non-hydrogen) atoms. The number of carbonyl (C=O) groups excluding carboxylic acids is 1. The van der Waals surface area contributed by atoms with Crippen LogP contribution in [0.15, 0.2) is 77.7 Å². The number of allylic oxidation sites excluding steroid dienone is 2. The van der Waals surface area contributed by atoms with Crippen molar-refractivity contribution in [1.82, 2.24) is 19.9 Å². The molecule has 0 saturated heterocycles. The summed E-state index contributed by atoms with van der Waals surface area (Å²) in [4.78, 5) is 30.5. The summed E-state index contributed by atoms with van der Waals surface area (Å²) in [5.41, 5.74) is 6.62. The normalized spacial score (nSPS) is 18.9. The maximum absolute atomic E-state index is 14.6. The number of ether oxygens (including phenoxy) is 1. The Bertz CT molecular complexity index is 2050. The van der Waals surface area contributed by atoms with E-state index in [-0.39, 0.29) is 52.2 Å². The Morgan fingerprint density at radius 3 is 2.36 bits per heavy atom.